The normalized spacial score (nSPS) is 25.2. The van der Waals surface area contributed by atoms with Gasteiger partial charge in [0.05, 0.1) is 6.26 Å². The maximum absolute atomic E-state index is 12.1. The second-order valence-corrected chi connectivity index (χ2v) is 10.8. The third-order valence-corrected chi connectivity index (χ3v) is 7.79. The van der Waals surface area contributed by atoms with Crippen LogP contribution in [-0.2, 0) is 15.4 Å². The van der Waals surface area contributed by atoms with Gasteiger partial charge in [-0.3, -0.25) is 0 Å². The molecule has 0 spiro atoms. The predicted octanol–water partition coefficient (Wildman–Crippen LogP) is 3.78. The highest BCUT2D eigenvalue weighted by molar-refractivity contribution is 7.88. The number of nitrogens with zero attached hydrogens (tertiary/aromatic N) is 1. The molecule has 0 saturated carbocycles. The molecule has 0 unspecified atom stereocenters. The van der Waals surface area contributed by atoms with Crippen molar-refractivity contribution < 1.29 is 8.42 Å². The molecule has 0 amide bonds. The smallest absolute Gasteiger partial charge is 0.208 e. The van der Waals surface area contributed by atoms with Gasteiger partial charge in [0.2, 0.25) is 10.0 Å². The number of sulfonamides is 1. The van der Waals surface area contributed by atoms with E-state index < -0.39 is 10.0 Å². The van der Waals surface area contributed by atoms with E-state index in [9.17, 15) is 8.42 Å². The lowest BCUT2D eigenvalue weighted by molar-refractivity contribution is 0.119. The minimum atomic E-state index is -3.29. The Labute approximate surface area is 175 Å². The summed E-state index contributed by atoms with van der Waals surface area (Å²) in [5, 5.41) is 0. The summed E-state index contributed by atoms with van der Waals surface area (Å²) in [5.41, 5.74) is 2.01. The number of hydrogen-bond donors (Lipinski definition) is 1. The first-order chi connectivity index (χ1) is 13.9. The summed E-state index contributed by atoms with van der Waals surface area (Å²) < 4.78 is 27.0. The van der Waals surface area contributed by atoms with Crippen molar-refractivity contribution in [1.29, 1.82) is 0 Å². The molecule has 0 aliphatic carbocycles. The summed E-state index contributed by atoms with van der Waals surface area (Å²) in [6.07, 6.45) is 7.21. The van der Waals surface area contributed by atoms with E-state index >= 15 is 0 Å². The van der Waals surface area contributed by atoms with E-state index in [0.29, 0.717) is 24.5 Å². The van der Waals surface area contributed by atoms with Crippen LogP contribution in [0.15, 0.2) is 60.7 Å². The van der Waals surface area contributed by atoms with Gasteiger partial charge in [0.15, 0.2) is 0 Å². The maximum Gasteiger partial charge on any atom is 0.208 e. The Balaban J connectivity index is 1.74. The van der Waals surface area contributed by atoms with Crippen molar-refractivity contribution in [1.82, 2.24) is 9.62 Å². The van der Waals surface area contributed by atoms with Gasteiger partial charge in [0, 0.05) is 24.0 Å². The zero-order valence-corrected chi connectivity index (χ0v) is 18.2. The Morgan fingerprint density at radius 1 is 0.931 bits per heavy atom. The van der Waals surface area contributed by atoms with Crippen molar-refractivity contribution in [2.24, 2.45) is 5.92 Å². The zero-order valence-electron chi connectivity index (χ0n) is 17.4. The molecule has 2 aromatic rings. The van der Waals surface area contributed by atoms with Crippen LogP contribution in [0.5, 0.6) is 0 Å². The van der Waals surface area contributed by atoms with Gasteiger partial charge in [-0.05, 0) is 56.2 Å². The SMILES string of the molecule is CN1[C@H]2CC[C@H]1CC(CC(CNS(C)(=O)=O)(c1ccccc1)c1ccccc1)C2. The van der Waals surface area contributed by atoms with E-state index in [4.69, 9.17) is 0 Å². The first-order valence-electron chi connectivity index (χ1n) is 10.6. The topological polar surface area (TPSA) is 49.4 Å². The summed E-state index contributed by atoms with van der Waals surface area (Å²) in [4.78, 5) is 2.57. The first kappa shape index (κ1) is 20.6. The standard InChI is InChI=1S/C24H32N2O2S/c1-26-22-13-14-23(26)16-19(15-22)17-24(18-25-29(2,27)28,20-9-5-3-6-10-20)21-11-7-4-8-12-21/h3-12,19,22-23,25H,13-18H2,1-2H3/t22-,23-/m0/s1. The van der Waals surface area contributed by atoms with Crippen LogP contribution < -0.4 is 4.72 Å². The van der Waals surface area contributed by atoms with E-state index in [-0.39, 0.29) is 5.41 Å². The summed E-state index contributed by atoms with van der Waals surface area (Å²) in [6, 6.07) is 22.3. The molecular formula is C24H32N2O2S. The molecular weight excluding hydrogens is 380 g/mol. The second-order valence-electron chi connectivity index (χ2n) is 9.00. The Hall–Kier alpha value is -1.69. The van der Waals surface area contributed by atoms with Crippen molar-refractivity contribution in [3.63, 3.8) is 0 Å². The number of rotatable bonds is 7. The van der Waals surface area contributed by atoms with E-state index in [1.807, 2.05) is 12.1 Å². The highest BCUT2D eigenvalue weighted by atomic mass is 32.2. The van der Waals surface area contributed by atoms with Crippen LogP contribution in [0.4, 0.5) is 0 Å². The fraction of sp³-hybridized carbons (Fsp3) is 0.500. The molecule has 2 fully saturated rings. The van der Waals surface area contributed by atoms with Gasteiger partial charge in [-0.2, -0.15) is 0 Å². The van der Waals surface area contributed by atoms with Gasteiger partial charge < -0.3 is 4.90 Å². The Morgan fingerprint density at radius 3 is 1.86 bits per heavy atom. The highest BCUT2D eigenvalue weighted by Gasteiger charge is 2.43. The van der Waals surface area contributed by atoms with Gasteiger partial charge in [-0.15, -0.1) is 0 Å². The van der Waals surface area contributed by atoms with E-state index in [2.05, 4.69) is 65.2 Å². The summed E-state index contributed by atoms with van der Waals surface area (Å²) in [6.45, 7) is 0.390. The van der Waals surface area contributed by atoms with Crippen LogP contribution in [0.25, 0.3) is 0 Å². The van der Waals surface area contributed by atoms with Crippen molar-refractivity contribution in [3.8, 4) is 0 Å². The third-order valence-electron chi connectivity index (χ3n) is 7.12. The van der Waals surface area contributed by atoms with E-state index in [1.165, 1.54) is 43.1 Å². The number of piperidine rings is 1. The fourth-order valence-electron chi connectivity index (χ4n) is 5.63. The lowest BCUT2D eigenvalue weighted by Crippen LogP contribution is -2.46. The molecule has 2 aliphatic heterocycles. The maximum atomic E-state index is 12.1. The molecule has 2 aliphatic rings. The molecule has 5 heteroatoms. The zero-order chi connectivity index (χ0) is 20.5. The Bertz CT molecular complexity index is 861. The van der Waals surface area contributed by atoms with Gasteiger partial charge in [-0.1, -0.05) is 60.7 Å². The monoisotopic (exact) mass is 412 g/mol. The highest BCUT2D eigenvalue weighted by Crippen LogP contribution is 2.45. The molecule has 0 aromatic heterocycles. The molecule has 2 aromatic carbocycles. The van der Waals surface area contributed by atoms with Crippen LogP contribution in [0.2, 0.25) is 0 Å². The number of fused-ring (bicyclic) bond motifs is 2. The number of hydrogen-bond acceptors (Lipinski definition) is 3. The van der Waals surface area contributed by atoms with Crippen molar-refractivity contribution in [2.45, 2.75) is 49.6 Å². The molecule has 2 bridgehead atoms. The van der Waals surface area contributed by atoms with Crippen LogP contribution in [0.3, 0.4) is 0 Å². The largest absolute Gasteiger partial charge is 0.300 e. The van der Waals surface area contributed by atoms with Crippen LogP contribution >= 0.6 is 0 Å². The fourth-order valence-corrected chi connectivity index (χ4v) is 6.14. The predicted molar refractivity (Wildman–Crippen MR) is 118 cm³/mol. The lowest BCUT2D eigenvalue weighted by atomic mass is 9.67. The van der Waals surface area contributed by atoms with Crippen molar-refractivity contribution in [3.05, 3.63) is 71.8 Å². The molecule has 2 saturated heterocycles. The Kier molecular flexibility index (Phi) is 5.83. The summed E-state index contributed by atoms with van der Waals surface area (Å²) in [7, 11) is -1.02. The molecule has 0 radical (unpaired) electrons. The molecule has 2 heterocycles. The molecule has 2 atom stereocenters. The summed E-state index contributed by atoms with van der Waals surface area (Å²) in [5.74, 6) is 0.588. The van der Waals surface area contributed by atoms with Crippen LogP contribution in [0.1, 0.15) is 43.2 Å². The average Bonchev–Trinajstić information content (AvgIpc) is 2.92. The Morgan fingerprint density at radius 2 is 1.41 bits per heavy atom. The van der Waals surface area contributed by atoms with Gasteiger partial charge in [-0.25, -0.2) is 13.1 Å². The van der Waals surface area contributed by atoms with E-state index in [0.717, 1.165) is 6.42 Å². The molecule has 29 heavy (non-hydrogen) atoms. The molecule has 4 rings (SSSR count). The number of benzene rings is 2. The van der Waals surface area contributed by atoms with Gasteiger partial charge in [0.25, 0.3) is 0 Å². The minimum absolute atomic E-state index is 0.369. The van der Waals surface area contributed by atoms with E-state index in [1.54, 1.807) is 0 Å². The molecule has 1 N–H and O–H groups in total. The lowest BCUT2D eigenvalue weighted by Gasteiger charge is -2.43. The second kappa shape index (κ2) is 8.21. The van der Waals surface area contributed by atoms with Crippen LogP contribution in [0, 0.1) is 5.92 Å². The van der Waals surface area contributed by atoms with Gasteiger partial charge in [0.1, 0.15) is 0 Å². The minimum Gasteiger partial charge on any atom is -0.300 e. The van der Waals surface area contributed by atoms with Crippen LogP contribution in [-0.4, -0.2) is 45.2 Å². The van der Waals surface area contributed by atoms with Crippen molar-refractivity contribution >= 4 is 10.0 Å². The molecule has 156 valence electrons. The average molecular weight is 413 g/mol. The van der Waals surface area contributed by atoms with Crippen molar-refractivity contribution in [2.75, 3.05) is 19.8 Å². The quantitative estimate of drug-likeness (QED) is 0.753. The molecule has 4 nitrogen and oxygen atoms in total. The summed E-state index contributed by atoms with van der Waals surface area (Å²) >= 11 is 0. The third kappa shape index (κ3) is 4.42. The van der Waals surface area contributed by atoms with Gasteiger partial charge >= 0.3 is 0 Å². The number of nitrogens with one attached hydrogen (secondary N) is 1. The first-order valence-corrected chi connectivity index (χ1v) is 12.5.